The van der Waals surface area contributed by atoms with Crippen LogP contribution in [0.2, 0.25) is 0 Å². The molecule has 2 aliphatic rings. The van der Waals surface area contributed by atoms with Crippen LogP contribution in [-0.4, -0.2) is 77.6 Å². The predicted octanol–water partition coefficient (Wildman–Crippen LogP) is 2.09. The van der Waals surface area contributed by atoms with Gasteiger partial charge in [-0.2, -0.15) is 11.8 Å². The fraction of sp³-hybridized carbons (Fsp3) is 0.808. The molecule has 5 N–H and O–H groups in total. The molecule has 0 saturated carbocycles. The molecule has 2 aliphatic heterocycles. The van der Waals surface area contributed by atoms with E-state index in [1.807, 2.05) is 25.6 Å². The van der Waals surface area contributed by atoms with Gasteiger partial charge in [0, 0.05) is 29.8 Å². The minimum absolute atomic E-state index is 0.00779. The normalized spacial score (nSPS) is 22.2. The Morgan fingerprint density at radius 1 is 1.13 bits per heavy atom. The Morgan fingerprint density at radius 2 is 1.87 bits per heavy atom. The van der Waals surface area contributed by atoms with Crippen molar-refractivity contribution in [2.75, 3.05) is 18.2 Å². The molecule has 216 valence electrons. The summed E-state index contributed by atoms with van der Waals surface area (Å²) in [5.41, 5.74) is -0.811. The lowest BCUT2D eigenvalue weighted by Gasteiger charge is -2.28. The highest BCUT2D eigenvalue weighted by atomic mass is 35.5. The van der Waals surface area contributed by atoms with Crippen LogP contribution >= 0.6 is 23.4 Å². The van der Waals surface area contributed by atoms with Crippen molar-refractivity contribution < 1.29 is 24.0 Å². The Kier molecular flexibility index (Phi) is 13.2. The lowest BCUT2D eigenvalue weighted by Crippen LogP contribution is -2.55. The molecule has 0 aliphatic carbocycles. The van der Waals surface area contributed by atoms with Crippen molar-refractivity contribution in [1.29, 1.82) is 0 Å². The van der Waals surface area contributed by atoms with E-state index in [4.69, 9.17) is 11.6 Å². The van der Waals surface area contributed by atoms with Crippen LogP contribution in [0.3, 0.4) is 0 Å². The summed E-state index contributed by atoms with van der Waals surface area (Å²) in [4.78, 5) is 60.4. The number of halogens is 1. The van der Waals surface area contributed by atoms with Gasteiger partial charge in [0.2, 0.25) is 17.7 Å². The van der Waals surface area contributed by atoms with Crippen LogP contribution in [0.1, 0.15) is 72.6 Å². The number of hydrogen-bond acceptors (Lipinski definition) is 6. The zero-order valence-electron chi connectivity index (χ0n) is 22.9. The van der Waals surface area contributed by atoms with Crippen molar-refractivity contribution in [3.63, 3.8) is 0 Å². The van der Waals surface area contributed by atoms with Gasteiger partial charge in [0.25, 0.3) is 0 Å². The standard InChI is InChI=1S/C26H44ClN5O5S/c1-16(2)21(31-24(36)26(3,4)15-27)23(35)29-17(13-33)9-7-8-12-28-20(34)11-6-5-10-19-22-18(14-38-19)30-25(37)32-22/h13,16-19,21-22H,5-12,14-15H2,1-4H3,(H,28,34)(H,29,35)(H,31,36)(H2,30,32,37)/t17-,18-,19-,21-,22-/m0/s1. The molecule has 0 aromatic heterocycles. The number of alkyl halides is 1. The average molecular weight is 574 g/mol. The molecule has 0 bridgehead atoms. The fourth-order valence-electron chi connectivity index (χ4n) is 4.46. The minimum atomic E-state index is -0.811. The zero-order chi connectivity index (χ0) is 28.3. The Hall–Kier alpha value is -2.01. The van der Waals surface area contributed by atoms with Gasteiger partial charge >= 0.3 is 6.03 Å². The van der Waals surface area contributed by atoms with Crippen molar-refractivity contribution in [2.24, 2.45) is 11.3 Å². The van der Waals surface area contributed by atoms with E-state index < -0.39 is 23.4 Å². The first-order valence-electron chi connectivity index (χ1n) is 13.6. The lowest BCUT2D eigenvalue weighted by molar-refractivity contribution is -0.134. The minimum Gasteiger partial charge on any atom is -0.356 e. The second kappa shape index (κ2) is 15.5. The van der Waals surface area contributed by atoms with E-state index in [1.165, 1.54) is 0 Å². The smallest absolute Gasteiger partial charge is 0.315 e. The number of carbonyl (C=O) groups excluding carboxylic acids is 5. The first-order chi connectivity index (χ1) is 18.0. The van der Waals surface area contributed by atoms with Crippen molar-refractivity contribution in [3.05, 3.63) is 0 Å². The number of urea groups is 1. The summed E-state index contributed by atoms with van der Waals surface area (Å²) < 4.78 is 0. The molecule has 10 nitrogen and oxygen atoms in total. The van der Waals surface area contributed by atoms with E-state index in [0.717, 1.165) is 25.0 Å². The summed E-state index contributed by atoms with van der Waals surface area (Å²) in [5, 5.41) is 14.7. The van der Waals surface area contributed by atoms with Gasteiger partial charge in [0.15, 0.2) is 0 Å². The lowest BCUT2D eigenvalue weighted by atomic mass is 9.93. The maximum absolute atomic E-state index is 12.8. The summed E-state index contributed by atoms with van der Waals surface area (Å²) in [6, 6.07) is -1.10. The number of fused-ring (bicyclic) bond motifs is 1. The van der Waals surface area contributed by atoms with E-state index in [1.54, 1.807) is 13.8 Å². The van der Waals surface area contributed by atoms with Gasteiger partial charge in [-0.25, -0.2) is 4.79 Å². The average Bonchev–Trinajstić information content (AvgIpc) is 3.42. The van der Waals surface area contributed by atoms with Gasteiger partial charge < -0.3 is 31.4 Å². The monoisotopic (exact) mass is 573 g/mol. The molecule has 2 saturated heterocycles. The molecule has 0 unspecified atom stereocenters. The number of carbonyl (C=O) groups is 5. The maximum Gasteiger partial charge on any atom is 0.315 e. The summed E-state index contributed by atoms with van der Waals surface area (Å²) in [6.07, 6.45) is 5.68. The molecule has 0 spiro atoms. The number of nitrogens with one attached hydrogen (secondary N) is 5. The Labute approximate surface area is 235 Å². The third kappa shape index (κ3) is 9.94. The molecule has 2 heterocycles. The van der Waals surface area contributed by atoms with Crippen molar-refractivity contribution in [1.82, 2.24) is 26.6 Å². The Bertz CT molecular complexity index is 843. The summed E-state index contributed by atoms with van der Waals surface area (Å²) in [7, 11) is 0. The van der Waals surface area contributed by atoms with Crippen LogP contribution in [0.4, 0.5) is 4.79 Å². The number of hydrogen-bond donors (Lipinski definition) is 5. The van der Waals surface area contributed by atoms with Crippen LogP contribution in [-0.2, 0) is 19.2 Å². The summed E-state index contributed by atoms with van der Waals surface area (Å²) in [6.45, 7) is 7.57. The molecule has 2 fully saturated rings. The molecule has 12 heteroatoms. The first kappa shape index (κ1) is 32.2. The highest BCUT2D eigenvalue weighted by Gasteiger charge is 2.42. The highest BCUT2D eigenvalue weighted by Crippen LogP contribution is 2.33. The Balaban J connectivity index is 1.59. The summed E-state index contributed by atoms with van der Waals surface area (Å²) >= 11 is 7.74. The highest BCUT2D eigenvalue weighted by molar-refractivity contribution is 8.00. The van der Waals surface area contributed by atoms with Crippen molar-refractivity contribution >= 4 is 53.4 Å². The van der Waals surface area contributed by atoms with Gasteiger partial charge in [-0.3, -0.25) is 14.4 Å². The van der Waals surface area contributed by atoms with Crippen LogP contribution in [0.5, 0.6) is 0 Å². The van der Waals surface area contributed by atoms with E-state index in [9.17, 15) is 24.0 Å². The second-order valence-corrected chi connectivity index (χ2v) is 12.7. The molecule has 2 rings (SSSR count). The van der Waals surface area contributed by atoms with Crippen LogP contribution in [0.25, 0.3) is 0 Å². The topological polar surface area (TPSA) is 146 Å². The van der Waals surface area contributed by atoms with Gasteiger partial charge in [-0.1, -0.05) is 20.3 Å². The zero-order valence-corrected chi connectivity index (χ0v) is 24.5. The van der Waals surface area contributed by atoms with Crippen LogP contribution in [0.15, 0.2) is 0 Å². The van der Waals surface area contributed by atoms with E-state index in [0.29, 0.717) is 43.8 Å². The third-order valence-electron chi connectivity index (χ3n) is 7.02. The predicted molar refractivity (Wildman–Crippen MR) is 150 cm³/mol. The van der Waals surface area contributed by atoms with E-state index in [-0.39, 0.29) is 41.7 Å². The maximum atomic E-state index is 12.8. The van der Waals surface area contributed by atoms with Crippen molar-refractivity contribution in [3.8, 4) is 0 Å². The number of amides is 5. The van der Waals surface area contributed by atoms with E-state index in [2.05, 4.69) is 26.6 Å². The second-order valence-electron chi connectivity index (χ2n) is 11.2. The van der Waals surface area contributed by atoms with Gasteiger partial charge in [-0.15, -0.1) is 11.6 Å². The van der Waals surface area contributed by atoms with Crippen molar-refractivity contribution in [2.45, 2.75) is 102 Å². The summed E-state index contributed by atoms with van der Waals surface area (Å²) in [5.74, 6) is 0.186. The number of unbranched alkanes of at least 4 members (excludes halogenated alkanes) is 2. The molecule has 0 aromatic carbocycles. The van der Waals surface area contributed by atoms with E-state index >= 15 is 0 Å². The quantitative estimate of drug-likeness (QED) is 0.0779. The molecule has 5 atom stereocenters. The number of thioether (sulfide) groups is 1. The molecule has 0 radical (unpaired) electrons. The number of aldehydes is 1. The molecule has 38 heavy (non-hydrogen) atoms. The Morgan fingerprint density at radius 3 is 2.53 bits per heavy atom. The third-order valence-corrected chi connectivity index (χ3v) is 9.20. The van der Waals surface area contributed by atoms with Gasteiger partial charge in [-0.05, 0) is 51.9 Å². The largest absolute Gasteiger partial charge is 0.356 e. The van der Waals surface area contributed by atoms with Gasteiger partial charge in [0.05, 0.1) is 23.5 Å². The molecule has 5 amide bonds. The SMILES string of the molecule is CC(C)[C@H](NC(=O)C(C)(C)CCl)C(=O)N[C@H](C=O)CCCCNC(=O)CCCC[C@@H]1SC[C@@H]2NC(=O)N[C@@H]21. The molecular weight excluding hydrogens is 530 g/mol. The number of rotatable bonds is 17. The molecule has 0 aromatic rings. The molecular formula is C26H44ClN5O5S. The first-order valence-corrected chi connectivity index (χ1v) is 15.1. The van der Waals surface area contributed by atoms with Crippen LogP contribution < -0.4 is 26.6 Å². The van der Waals surface area contributed by atoms with Crippen LogP contribution in [0, 0.1) is 11.3 Å². The van der Waals surface area contributed by atoms with Gasteiger partial charge in [0.1, 0.15) is 12.3 Å². The fourth-order valence-corrected chi connectivity index (χ4v) is 6.12.